The van der Waals surface area contributed by atoms with Crippen LogP contribution in [0.4, 0.5) is 0 Å². The maximum absolute atomic E-state index is 11.6. The molecule has 2 atom stereocenters. The molecule has 0 unspecified atom stereocenters. The first-order valence-corrected chi connectivity index (χ1v) is 7.76. The highest BCUT2D eigenvalue weighted by atomic mass is 16.5. The van der Waals surface area contributed by atoms with Gasteiger partial charge < -0.3 is 10.1 Å². The summed E-state index contributed by atoms with van der Waals surface area (Å²) in [5.74, 6) is 1.22. The number of nitrogens with one attached hydrogen (secondary N) is 1. The number of esters is 1. The Bertz CT molecular complexity index is 421. The van der Waals surface area contributed by atoms with Crippen LogP contribution in [-0.4, -0.2) is 24.7 Å². The van der Waals surface area contributed by atoms with Crippen LogP contribution >= 0.6 is 0 Å². The third-order valence-corrected chi connectivity index (χ3v) is 3.85. The Morgan fingerprint density at radius 3 is 2.76 bits per heavy atom. The van der Waals surface area contributed by atoms with Gasteiger partial charge >= 0.3 is 5.97 Å². The van der Waals surface area contributed by atoms with Gasteiger partial charge in [0.15, 0.2) is 0 Å². The summed E-state index contributed by atoms with van der Waals surface area (Å²) in [5.41, 5.74) is 1.21. The number of carbonyl (C=O) groups excluding carboxylic acids is 1. The zero-order valence-corrected chi connectivity index (χ0v) is 13.8. The van der Waals surface area contributed by atoms with E-state index < -0.39 is 0 Å². The van der Waals surface area contributed by atoms with Gasteiger partial charge in [-0.05, 0) is 52.5 Å². The lowest BCUT2D eigenvalue weighted by molar-refractivity contribution is -0.144. The summed E-state index contributed by atoms with van der Waals surface area (Å²) in [6, 6.07) is 0. The molecule has 1 rings (SSSR count). The maximum Gasteiger partial charge on any atom is 0.307 e. The van der Waals surface area contributed by atoms with E-state index in [1.54, 1.807) is 6.08 Å². The van der Waals surface area contributed by atoms with E-state index in [4.69, 9.17) is 4.74 Å². The predicted octanol–water partition coefficient (Wildman–Crippen LogP) is 3.63. The smallest absolute Gasteiger partial charge is 0.307 e. The molecule has 0 heterocycles. The first kappa shape index (κ1) is 17.7. The van der Waals surface area contributed by atoms with Crippen molar-refractivity contribution >= 4 is 5.97 Å². The summed E-state index contributed by atoms with van der Waals surface area (Å²) in [5, 5.41) is 3.50. The van der Waals surface area contributed by atoms with Gasteiger partial charge in [0.2, 0.25) is 0 Å². The summed E-state index contributed by atoms with van der Waals surface area (Å²) in [7, 11) is 0. The molecule has 0 bridgehead atoms. The van der Waals surface area contributed by atoms with Gasteiger partial charge in [-0.15, -0.1) is 0 Å². The van der Waals surface area contributed by atoms with Gasteiger partial charge in [-0.1, -0.05) is 36.5 Å². The van der Waals surface area contributed by atoms with E-state index in [9.17, 15) is 4.79 Å². The predicted molar refractivity (Wildman–Crippen MR) is 88.0 cm³/mol. The van der Waals surface area contributed by atoms with Crippen LogP contribution in [0.25, 0.3) is 0 Å². The van der Waals surface area contributed by atoms with Crippen LogP contribution in [0.3, 0.4) is 0 Å². The molecule has 0 aromatic carbocycles. The highest BCUT2D eigenvalue weighted by Gasteiger charge is 2.38. The van der Waals surface area contributed by atoms with Crippen LogP contribution in [0.2, 0.25) is 0 Å². The fraction of sp³-hybridized carbons (Fsp3) is 0.611. The van der Waals surface area contributed by atoms with E-state index in [-0.39, 0.29) is 11.5 Å². The average Bonchev–Trinajstić information content (AvgIpc) is 3.16. The summed E-state index contributed by atoms with van der Waals surface area (Å²) < 4.78 is 5.01. The molecule has 0 spiro atoms. The molecule has 0 aromatic rings. The van der Waals surface area contributed by atoms with Crippen molar-refractivity contribution in [2.45, 2.75) is 46.1 Å². The van der Waals surface area contributed by atoms with Gasteiger partial charge in [0.05, 0.1) is 13.0 Å². The van der Waals surface area contributed by atoms with Crippen molar-refractivity contribution < 1.29 is 9.53 Å². The number of hydrogen-bond acceptors (Lipinski definition) is 3. The van der Waals surface area contributed by atoms with E-state index in [0.717, 1.165) is 6.54 Å². The second-order valence-electron chi connectivity index (χ2n) is 6.38. The molecule has 0 saturated heterocycles. The van der Waals surface area contributed by atoms with Crippen LogP contribution in [0, 0.1) is 11.8 Å². The molecule has 0 aromatic heterocycles. The van der Waals surface area contributed by atoms with E-state index in [2.05, 4.69) is 38.7 Å². The van der Waals surface area contributed by atoms with Crippen molar-refractivity contribution in [3.8, 4) is 0 Å². The SMILES string of the molecule is C=C/C=C\C=C(/C)[C@H]1C[C@@H]1CNC(C)(C)CC(=O)OCC. The van der Waals surface area contributed by atoms with E-state index in [1.807, 2.05) is 19.1 Å². The van der Waals surface area contributed by atoms with Crippen molar-refractivity contribution in [3.05, 3.63) is 36.5 Å². The highest BCUT2D eigenvalue weighted by molar-refractivity contribution is 5.70. The van der Waals surface area contributed by atoms with Crippen molar-refractivity contribution in [1.82, 2.24) is 5.32 Å². The third kappa shape index (κ3) is 6.76. The Morgan fingerprint density at radius 1 is 1.43 bits per heavy atom. The molecule has 21 heavy (non-hydrogen) atoms. The number of ether oxygens (including phenoxy) is 1. The summed E-state index contributed by atoms with van der Waals surface area (Å²) in [6.45, 7) is 13.2. The first-order chi connectivity index (χ1) is 9.89. The molecule has 0 radical (unpaired) electrons. The van der Waals surface area contributed by atoms with Crippen LogP contribution in [0.5, 0.6) is 0 Å². The van der Waals surface area contributed by atoms with E-state index in [1.165, 1.54) is 12.0 Å². The monoisotopic (exact) mass is 291 g/mol. The minimum atomic E-state index is -0.209. The van der Waals surface area contributed by atoms with Crippen LogP contribution < -0.4 is 5.32 Å². The minimum Gasteiger partial charge on any atom is -0.466 e. The normalized spacial score (nSPS) is 22.4. The molecule has 3 nitrogen and oxygen atoms in total. The van der Waals surface area contributed by atoms with Gasteiger partial charge in [-0.2, -0.15) is 0 Å². The molecular formula is C18H29NO2. The Labute approximate surface area is 129 Å². The lowest BCUT2D eigenvalue weighted by atomic mass is 10.0. The third-order valence-electron chi connectivity index (χ3n) is 3.85. The molecule has 1 fully saturated rings. The number of allylic oxidation sites excluding steroid dienone is 5. The second kappa shape index (κ2) is 8.18. The largest absolute Gasteiger partial charge is 0.466 e. The van der Waals surface area contributed by atoms with Gasteiger partial charge in [0.25, 0.3) is 0 Å². The van der Waals surface area contributed by atoms with Crippen LogP contribution in [0.15, 0.2) is 36.5 Å². The molecule has 0 amide bonds. The van der Waals surface area contributed by atoms with Crippen LogP contribution in [-0.2, 0) is 9.53 Å². The lowest BCUT2D eigenvalue weighted by Gasteiger charge is -2.25. The maximum atomic E-state index is 11.6. The summed E-state index contributed by atoms with van der Waals surface area (Å²) in [4.78, 5) is 11.6. The lowest BCUT2D eigenvalue weighted by Crippen LogP contribution is -2.42. The molecule has 3 heteroatoms. The van der Waals surface area contributed by atoms with Crippen molar-refractivity contribution in [2.24, 2.45) is 11.8 Å². The van der Waals surface area contributed by atoms with Crippen molar-refractivity contribution in [2.75, 3.05) is 13.2 Å². The van der Waals surface area contributed by atoms with Gasteiger partial charge in [0.1, 0.15) is 0 Å². The van der Waals surface area contributed by atoms with Gasteiger partial charge in [-0.25, -0.2) is 0 Å². The molecule has 1 saturated carbocycles. The first-order valence-electron chi connectivity index (χ1n) is 7.76. The fourth-order valence-electron chi connectivity index (χ4n) is 2.48. The Balaban J connectivity index is 2.33. The number of hydrogen-bond donors (Lipinski definition) is 1. The average molecular weight is 291 g/mol. The minimum absolute atomic E-state index is 0.131. The summed E-state index contributed by atoms with van der Waals surface area (Å²) >= 11 is 0. The number of carbonyl (C=O) groups is 1. The van der Waals surface area contributed by atoms with E-state index >= 15 is 0 Å². The molecule has 1 aliphatic carbocycles. The van der Waals surface area contributed by atoms with Gasteiger partial charge in [-0.3, -0.25) is 4.79 Å². The number of rotatable bonds is 9. The Kier molecular flexibility index (Phi) is 6.90. The van der Waals surface area contributed by atoms with Crippen molar-refractivity contribution in [1.29, 1.82) is 0 Å². The molecule has 0 aliphatic heterocycles. The topological polar surface area (TPSA) is 38.3 Å². The van der Waals surface area contributed by atoms with Crippen molar-refractivity contribution in [3.63, 3.8) is 0 Å². The molecule has 1 aliphatic rings. The standard InChI is InChI=1S/C18H29NO2/c1-6-8-9-10-14(3)16-11-15(16)13-19-18(4,5)12-17(20)21-7-2/h6,8-10,15-16,19H,1,7,11-13H2,2-5H3/b9-8-,14-10+/t15-,16-/m1/s1. The highest BCUT2D eigenvalue weighted by Crippen LogP contribution is 2.43. The zero-order chi connectivity index (χ0) is 15.9. The summed E-state index contributed by atoms with van der Waals surface area (Å²) in [6.07, 6.45) is 9.57. The second-order valence-corrected chi connectivity index (χ2v) is 6.38. The van der Waals surface area contributed by atoms with Gasteiger partial charge in [0, 0.05) is 5.54 Å². The molecule has 1 N–H and O–H groups in total. The Morgan fingerprint density at radius 2 is 2.14 bits per heavy atom. The molecular weight excluding hydrogens is 262 g/mol. The van der Waals surface area contributed by atoms with Crippen LogP contribution in [0.1, 0.15) is 40.5 Å². The van der Waals surface area contributed by atoms with E-state index in [0.29, 0.717) is 24.9 Å². The fourth-order valence-corrected chi connectivity index (χ4v) is 2.48. The zero-order valence-electron chi connectivity index (χ0n) is 13.8. The Hall–Kier alpha value is -1.35. The molecule has 118 valence electrons. The quantitative estimate of drug-likeness (QED) is 0.521.